The molecule has 222 valence electrons. The average Bonchev–Trinajstić information content (AvgIpc) is 2.91. The van der Waals surface area contributed by atoms with Crippen LogP contribution in [0.4, 0.5) is 0 Å². The Bertz CT molecular complexity index is 804. The minimum atomic E-state index is -1.33. The minimum absolute atomic E-state index is 0.0200. The molecule has 1 atom stereocenters. The Kier molecular flexibility index (Phi) is 14.6. The summed E-state index contributed by atoms with van der Waals surface area (Å²) >= 11 is 0. The van der Waals surface area contributed by atoms with Gasteiger partial charge in [-0.25, -0.2) is 9.59 Å². The van der Waals surface area contributed by atoms with Crippen molar-refractivity contribution in [2.24, 2.45) is 29.6 Å². The molecule has 2 fully saturated rings. The molecule has 5 nitrogen and oxygen atoms in total. The van der Waals surface area contributed by atoms with Gasteiger partial charge >= 0.3 is 11.9 Å². The van der Waals surface area contributed by atoms with E-state index >= 15 is 0 Å². The average molecular weight is 545 g/mol. The molecule has 0 aromatic rings. The zero-order chi connectivity index (χ0) is 28.8. The minimum Gasteiger partial charge on any atom is -0.462 e. The number of carbonyl (C=O) groups is 2. The molecule has 39 heavy (non-hydrogen) atoms. The van der Waals surface area contributed by atoms with Gasteiger partial charge in [0.25, 0.3) is 0 Å². The van der Waals surface area contributed by atoms with E-state index in [1.165, 1.54) is 90.9 Å². The second kappa shape index (κ2) is 17.0. The molecule has 2 saturated carbocycles. The maximum Gasteiger partial charge on any atom is 0.336 e. The largest absolute Gasteiger partial charge is 0.462 e. The second-order valence-corrected chi connectivity index (χ2v) is 12.9. The summed E-state index contributed by atoms with van der Waals surface area (Å²) in [5.74, 6) is 1.96. The summed E-state index contributed by atoms with van der Waals surface area (Å²) in [6.45, 7) is 14.6. The molecule has 0 bridgehead atoms. The topological polar surface area (TPSA) is 72.8 Å². The van der Waals surface area contributed by atoms with Crippen molar-refractivity contribution in [2.75, 3.05) is 13.2 Å². The van der Waals surface area contributed by atoms with Crippen LogP contribution in [0.15, 0.2) is 36.5 Å². The molecule has 2 aliphatic rings. The van der Waals surface area contributed by atoms with Crippen molar-refractivity contribution < 1.29 is 24.2 Å². The maximum absolute atomic E-state index is 12.3. The number of esters is 2. The predicted octanol–water partition coefficient (Wildman–Crippen LogP) is 8.12. The van der Waals surface area contributed by atoms with Gasteiger partial charge in [-0.3, -0.25) is 0 Å². The fourth-order valence-electron chi connectivity index (χ4n) is 5.87. The van der Waals surface area contributed by atoms with E-state index in [0.717, 1.165) is 24.7 Å². The van der Waals surface area contributed by atoms with E-state index in [-0.39, 0.29) is 24.7 Å². The Hall–Kier alpha value is -1.88. The Morgan fingerprint density at radius 1 is 0.846 bits per heavy atom. The van der Waals surface area contributed by atoms with Gasteiger partial charge in [0.05, 0.1) is 24.4 Å². The Morgan fingerprint density at radius 2 is 1.33 bits per heavy atom. The lowest BCUT2D eigenvalue weighted by Crippen LogP contribution is -2.30. The summed E-state index contributed by atoms with van der Waals surface area (Å²) in [5.41, 5.74) is -0.959. The molecule has 0 aromatic heterocycles. The van der Waals surface area contributed by atoms with Crippen LogP contribution in [0.5, 0.6) is 0 Å². The van der Waals surface area contributed by atoms with Crippen LogP contribution in [0.3, 0.4) is 0 Å². The molecule has 2 aliphatic carbocycles. The molecule has 0 amide bonds. The van der Waals surface area contributed by atoms with E-state index in [2.05, 4.69) is 32.2 Å². The van der Waals surface area contributed by atoms with Crippen LogP contribution in [0.25, 0.3) is 0 Å². The standard InChI is InChI=1S/C34H56O5/c1-7-8-9-10-27-11-13-28(14-12-27)15-16-29-17-19-30(20-18-29)21-22-31(23-38-32(35)25(2)3)24-39-33(36)26(4)34(5,6)37/h15-16,27-31,37H,2,4,7-14,17-24H2,1,3,5-6H3/b16-15+. The first kappa shape index (κ1) is 33.3. The smallest absolute Gasteiger partial charge is 0.336 e. The first-order valence-corrected chi connectivity index (χ1v) is 15.6. The third-order valence-electron chi connectivity index (χ3n) is 8.87. The SMILES string of the molecule is C=C(C)C(=O)OCC(CCC1CCC(/C=C/C2CCC(CCCCC)CC2)CC1)COC(=O)C(=C)C(C)(C)O. The van der Waals surface area contributed by atoms with Crippen LogP contribution < -0.4 is 0 Å². The number of hydrogen-bond donors (Lipinski definition) is 1. The van der Waals surface area contributed by atoms with Crippen molar-refractivity contribution >= 4 is 11.9 Å². The van der Waals surface area contributed by atoms with Crippen LogP contribution in [-0.2, 0) is 19.1 Å². The first-order valence-electron chi connectivity index (χ1n) is 15.6. The molecule has 0 aromatic carbocycles. The van der Waals surface area contributed by atoms with Crippen LogP contribution in [0, 0.1) is 29.6 Å². The van der Waals surface area contributed by atoms with Gasteiger partial charge < -0.3 is 14.6 Å². The summed E-state index contributed by atoms with van der Waals surface area (Å²) in [6.07, 6.45) is 22.9. The van der Waals surface area contributed by atoms with E-state index in [1.807, 2.05) is 0 Å². The second-order valence-electron chi connectivity index (χ2n) is 12.9. The lowest BCUT2D eigenvalue weighted by atomic mass is 9.77. The molecule has 0 radical (unpaired) electrons. The van der Waals surface area contributed by atoms with E-state index in [0.29, 0.717) is 17.4 Å². The molecule has 2 rings (SSSR count). The van der Waals surface area contributed by atoms with Gasteiger partial charge in [0.1, 0.15) is 0 Å². The molecule has 0 spiro atoms. The lowest BCUT2D eigenvalue weighted by Gasteiger charge is -2.29. The first-order chi connectivity index (χ1) is 18.5. The fraction of sp³-hybridized carbons (Fsp3) is 0.765. The number of hydrogen-bond acceptors (Lipinski definition) is 5. The molecule has 0 heterocycles. The third kappa shape index (κ3) is 12.9. The summed E-state index contributed by atoms with van der Waals surface area (Å²) in [4.78, 5) is 24.2. The zero-order valence-corrected chi connectivity index (χ0v) is 25.3. The molecular formula is C34H56O5. The molecule has 1 N–H and O–H groups in total. The van der Waals surface area contributed by atoms with Crippen molar-refractivity contribution in [3.63, 3.8) is 0 Å². The fourth-order valence-corrected chi connectivity index (χ4v) is 5.87. The van der Waals surface area contributed by atoms with E-state index in [1.54, 1.807) is 6.92 Å². The van der Waals surface area contributed by atoms with E-state index in [9.17, 15) is 14.7 Å². The van der Waals surface area contributed by atoms with Crippen molar-refractivity contribution in [3.8, 4) is 0 Å². The normalized spacial score (nSPS) is 24.7. The van der Waals surface area contributed by atoms with Gasteiger partial charge in [-0.15, -0.1) is 0 Å². The van der Waals surface area contributed by atoms with Crippen LogP contribution >= 0.6 is 0 Å². The van der Waals surface area contributed by atoms with E-state index < -0.39 is 17.5 Å². The van der Waals surface area contributed by atoms with Gasteiger partial charge in [0.15, 0.2) is 0 Å². The third-order valence-corrected chi connectivity index (χ3v) is 8.87. The summed E-state index contributed by atoms with van der Waals surface area (Å²) < 4.78 is 10.8. The highest BCUT2D eigenvalue weighted by Crippen LogP contribution is 2.36. The van der Waals surface area contributed by atoms with Gasteiger partial charge in [0, 0.05) is 11.5 Å². The van der Waals surface area contributed by atoms with E-state index in [4.69, 9.17) is 9.47 Å². The Balaban J connectivity index is 1.74. The number of rotatable bonds is 16. The van der Waals surface area contributed by atoms with Crippen LogP contribution in [-0.4, -0.2) is 35.9 Å². The van der Waals surface area contributed by atoms with Crippen molar-refractivity contribution in [3.05, 3.63) is 36.5 Å². The number of carbonyl (C=O) groups excluding carboxylic acids is 2. The van der Waals surface area contributed by atoms with Gasteiger partial charge in [-0.05, 0) is 109 Å². The quantitative estimate of drug-likeness (QED) is 0.0919. The molecule has 0 aliphatic heterocycles. The molecule has 5 heteroatoms. The number of ether oxygens (including phenoxy) is 2. The number of unbranched alkanes of at least 4 members (excludes halogenated alkanes) is 2. The highest BCUT2D eigenvalue weighted by molar-refractivity contribution is 5.89. The van der Waals surface area contributed by atoms with Crippen molar-refractivity contribution in [1.82, 2.24) is 0 Å². The summed E-state index contributed by atoms with van der Waals surface area (Å²) in [6, 6.07) is 0. The molecular weight excluding hydrogens is 488 g/mol. The number of allylic oxidation sites excluding steroid dienone is 2. The summed E-state index contributed by atoms with van der Waals surface area (Å²) in [5, 5.41) is 10.0. The highest BCUT2D eigenvalue weighted by atomic mass is 16.5. The number of aliphatic hydroxyl groups is 1. The zero-order valence-electron chi connectivity index (χ0n) is 25.3. The monoisotopic (exact) mass is 544 g/mol. The highest BCUT2D eigenvalue weighted by Gasteiger charge is 2.27. The van der Waals surface area contributed by atoms with Crippen molar-refractivity contribution in [1.29, 1.82) is 0 Å². The van der Waals surface area contributed by atoms with Crippen LogP contribution in [0.1, 0.15) is 118 Å². The maximum atomic E-state index is 12.3. The van der Waals surface area contributed by atoms with Gasteiger partial charge in [-0.1, -0.05) is 57.9 Å². The predicted molar refractivity (Wildman–Crippen MR) is 159 cm³/mol. The van der Waals surface area contributed by atoms with Gasteiger partial charge in [-0.2, -0.15) is 0 Å². The molecule has 1 unspecified atom stereocenters. The van der Waals surface area contributed by atoms with Crippen LogP contribution in [0.2, 0.25) is 0 Å². The summed E-state index contributed by atoms with van der Waals surface area (Å²) in [7, 11) is 0. The Morgan fingerprint density at radius 3 is 1.79 bits per heavy atom. The molecule has 0 saturated heterocycles. The van der Waals surface area contributed by atoms with Crippen molar-refractivity contribution in [2.45, 2.75) is 123 Å². The lowest BCUT2D eigenvalue weighted by molar-refractivity contribution is -0.145. The Labute approximate surface area is 238 Å². The van der Waals surface area contributed by atoms with Gasteiger partial charge in [0.2, 0.25) is 0 Å².